The van der Waals surface area contributed by atoms with E-state index in [1.165, 1.54) is 0 Å². The lowest BCUT2D eigenvalue weighted by molar-refractivity contribution is 0.101. The van der Waals surface area contributed by atoms with Gasteiger partial charge < -0.3 is 10.6 Å². The normalized spacial score (nSPS) is 10.3. The lowest BCUT2D eigenvalue weighted by Gasteiger charge is -2.08. The monoisotopic (exact) mass is 392 g/mol. The van der Waals surface area contributed by atoms with Gasteiger partial charge in [-0.25, -0.2) is 0 Å². The molecule has 2 N–H and O–H groups in total. The largest absolute Gasteiger partial charge is 0.322 e. The number of carbonyl (C=O) groups is 2. The molecule has 0 heterocycles. The first kappa shape index (κ1) is 19.2. The van der Waals surface area contributed by atoms with Crippen LogP contribution in [0.3, 0.4) is 0 Å². The lowest BCUT2D eigenvalue weighted by atomic mass is 10.0. The van der Waals surface area contributed by atoms with Crippen LogP contribution in [-0.2, 0) is 0 Å². The van der Waals surface area contributed by atoms with Crippen LogP contribution >= 0.6 is 0 Å². The number of benzene rings is 4. The van der Waals surface area contributed by atoms with Gasteiger partial charge in [0, 0.05) is 22.5 Å². The van der Waals surface area contributed by atoms with E-state index in [0.717, 1.165) is 22.5 Å². The number of amides is 2. The van der Waals surface area contributed by atoms with Gasteiger partial charge in [0.1, 0.15) is 0 Å². The van der Waals surface area contributed by atoms with Gasteiger partial charge in [-0.15, -0.1) is 0 Å². The zero-order valence-corrected chi connectivity index (χ0v) is 16.2. The first-order chi connectivity index (χ1) is 14.7. The maximum absolute atomic E-state index is 12.4. The Morgan fingerprint density at radius 1 is 0.433 bits per heavy atom. The van der Waals surface area contributed by atoms with Crippen molar-refractivity contribution in [1.82, 2.24) is 0 Å². The number of nitrogens with one attached hydrogen (secondary N) is 2. The van der Waals surface area contributed by atoms with E-state index >= 15 is 0 Å². The molecule has 4 aromatic carbocycles. The minimum absolute atomic E-state index is 0.152. The smallest absolute Gasteiger partial charge is 0.255 e. The van der Waals surface area contributed by atoms with E-state index in [1.54, 1.807) is 24.3 Å². The van der Waals surface area contributed by atoms with Gasteiger partial charge in [-0.3, -0.25) is 9.59 Å². The molecule has 4 aromatic rings. The zero-order chi connectivity index (χ0) is 20.8. The zero-order valence-electron chi connectivity index (χ0n) is 16.2. The molecule has 0 bridgehead atoms. The SMILES string of the molecule is O=C(Nc1ccccc1)c1ccc(-c2ccc(C(=O)Nc3ccccc3)cc2)cc1. The molecule has 4 nitrogen and oxygen atoms in total. The number of hydrogen-bond acceptors (Lipinski definition) is 2. The van der Waals surface area contributed by atoms with Gasteiger partial charge in [0.2, 0.25) is 0 Å². The van der Waals surface area contributed by atoms with Gasteiger partial charge >= 0.3 is 0 Å². The molecule has 4 heteroatoms. The summed E-state index contributed by atoms with van der Waals surface area (Å²) in [5.74, 6) is -0.304. The summed E-state index contributed by atoms with van der Waals surface area (Å²) in [6.45, 7) is 0. The Morgan fingerprint density at radius 3 is 1.10 bits per heavy atom. The Hall–Kier alpha value is -4.18. The highest BCUT2D eigenvalue weighted by Gasteiger charge is 2.08. The second-order valence-corrected chi connectivity index (χ2v) is 6.79. The minimum Gasteiger partial charge on any atom is -0.322 e. The molecular formula is C26H20N2O2. The third-order valence-electron chi connectivity index (χ3n) is 4.69. The first-order valence-electron chi connectivity index (χ1n) is 9.62. The Bertz CT molecular complexity index is 1040. The van der Waals surface area contributed by atoms with Crippen molar-refractivity contribution in [1.29, 1.82) is 0 Å². The van der Waals surface area contributed by atoms with E-state index in [4.69, 9.17) is 0 Å². The summed E-state index contributed by atoms with van der Waals surface area (Å²) in [4.78, 5) is 24.8. The fraction of sp³-hybridized carbons (Fsp3) is 0. The van der Waals surface area contributed by atoms with Crippen molar-refractivity contribution >= 4 is 23.2 Å². The molecule has 0 saturated heterocycles. The molecule has 0 aromatic heterocycles. The average molecular weight is 392 g/mol. The van der Waals surface area contributed by atoms with Crippen molar-refractivity contribution in [3.05, 3.63) is 120 Å². The predicted octanol–water partition coefficient (Wildman–Crippen LogP) is 5.86. The number of rotatable bonds is 5. The van der Waals surface area contributed by atoms with Crippen molar-refractivity contribution in [2.24, 2.45) is 0 Å². The molecule has 0 spiro atoms. The lowest BCUT2D eigenvalue weighted by Crippen LogP contribution is -2.11. The molecule has 0 unspecified atom stereocenters. The van der Waals surface area contributed by atoms with Crippen molar-refractivity contribution in [3.8, 4) is 11.1 Å². The number of para-hydroxylation sites is 2. The molecule has 0 aliphatic heterocycles. The van der Waals surface area contributed by atoms with Crippen LogP contribution in [0, 0.1) is 0 Å². The number of hydrogen-bond donors (Lipinski definition) is 2. The Labute approximate surface area is 175 Å². The topological polar surface area (TPSA) is 58.2 Å². The summed E-state index contributed by atoms with van der Waals surface area (Å²) in [7, 11) is 0. The maximum atomic E-state index is 12.4. The minimum atomic E-state index is -0.152. The molecular weight excluding hydrogens is 372 g/mol. The van der Waals surface area contributed by atoms with Crippen molar-refractivity contribution in [2.45, 2.75) is 0 Å². The Kier molecular flexibility index (Phi) is 5.67. The van der Waals surface area contributed by atoms with E-state index in [9.17, 15) is 9.59 Å². The number of anilines is 2. The molecule has 4 rings (SSSR count). The van der Waals surface area contributed by atoms with Crippen LogP contribution in [0.1, 0.15) is 20.7 Å². The standard InChI is InChI=1S/C26H20N2O2/c29-25(27-23-7-3-1-4-8-23)21-15-11-19(12-16-21)20-13-17-22(18-14-20)26(30)28-24-9-5-2-6-10-24/h1-18H,(H,27,29)(H,28,30). The summed E-state index contributed by atoms with van der Waals surface area (Å²) >= 11 is 0. The Balaban J connectivity index is 1.43. The van der Waals surface area contributed by atoms with Gasteiger partial charge in [0.15, 0.2) is 0 Å². The van der Waals surface area contributed by atoms with Crippen molar-refractivity contribution in [2.75, 3.05) is 10.6 Å². The quantitative estimate of drug-likeness (QED) is 0.447. The van der Waals surface area contributed by atoms with Crippen LogP contribution in [0.15, 0.2) is 109 Å². The molecule has 0 aliphatic carbocycles. The van der Waals surface area contributed by atoms with Crippen molar-refractivity contribution < 1.29 is 9.59 Å². The molecule has 30 heavy (non-hydrogen) atoms. The third kappa shape index (κ3) is 4.62. The van der Waals surface area contributed by atoms with Gasteiger partial charge in [0.25, 0.3) is 11.8 Å². The van der Waals surface area contributed by atoms with E-state index in [-0.39, 0.29) is 11.8 Å². The van der Waals surface area contributed by atoms with E-state index in [2.05, 4.69) is 10.6 Å². The second-order valence-electron chi connectivity index (χ2n) is 6.79. The van der Waals surface area contributed by atoms with Crippen LogP contribution in [-0.4, -0.2) is 11.8 Å². The summed E-state index contributed by atoms with van der Waals surface area (Å²) in [6, 6.07) is 33.5. The second kappa shape index (κ2) is 8.88. The van der Waals surface area contributed by atoms with Gasteiger partial charge in [-0.05, 0) is 59.7 Å². The molecule has 0 fully saturated rings. The molecule has 146 valence electrons. The molecule has 0 atom stereocenters. The van der Waals surface area contributed by atoms with Crippen LogP contribution in [0.25, 0.3) is 11.1 Å². The van der Waals surface area contributed by atoms with Crippen LogP contribution in [0.2, 0.25) is 0 Å². The summed E-state index contributed by atoms with van der Waals surface area (Å²) in [6.07, 6.45) is 0. The van der Waals surface area contributed by atoms with Gasteiger partial charge in [0.05, 0.1) is 0 Å². The Morgan fingerprint density at radius 2 is 0.767 bits per heavy atom. The van der Waals surface area contributed by atoms with E-state index < -0.39 is 0 Å². The van der Waals surface area contributed by atoms with Crippen LogP contribution in [0.5, 0.6) is 0 Å². The summed E-state index contributed by atoms with van der Waals surface area (Å²) in [5, 5.41) is 5.75. The predicted molar refractivity (Wildman–Crippen MR) is 121 cm³/mol. The third-order valence-corrected chi connectivity index (χ3v) is 4.69. The summed E-state index contributed by atoms with van der Waals surface area (Å²) in [5.41, 5.74) is 4.64. The number of carbonyl (C=O) groups excluding carboxylic acids is 2. The van der Waals surface area contributed by atoms with Crippen molar-refractivity contribution in [3.63, 3.8) is 0 Å². The molecule has 0 radical (unpaired) electrons. The average Bonchev–Trinajstić information content (AvgIpc) is 2.80. The molecule has 2 amide bonds. The highest BCUT2D eigenvalue weighted by atomic mass is 16.2. The van der Waals surface area contributed by atoms with E-state index in [1.807, 2.05) is 84.9 Å². The fourth-order valence-corrected chi connectivity index (χ4v) is 3.08. The molecule has 0 saturated carbocycles. The highest BCUT2D eigenvalue weighted by Crippen LogP contribution is 2.21. The summed E-state index contributed by atoms with van der Waals surface area (Å²) < 4.78 is 0. The van der Waals surface area contributed by atoms with E-state index in [0.29, 0.717) is 11.1 Å². The maximum Gasteiger partial charge on any atom is 0.255 e. The fourth-order valence-electron chi connectivity index (χ4n) is 3.08. The van der Waals surface area contributed by atoms with Gasteiger partial charge in [-0.2, -0.15) is 0 Å². The first-order valence-corrected chi connectivity index (χ1v) is 9.62. The molecule has 0 aliphatic rings. The van der Waals surface area contributed by atoms with Crippen LogP contribution in [0.4, 0.5) is 11.4 Å². The van der Waals surface area contributed by atoms with Gasteiger partial charge in [-0.1, -0.05) is 60.7 Å². The van der Waals surface area contributed by atoms with Crippen LogP contribution < -0.4 is 10.6 Å². The highest BCUT2D eigenvalue weighted by molar-refractivity contribution is 6.05.